The third-order valence-corrected chi connectivity index (χ3v) is 3.00. The Morgan fingerprint density at radius 1 is 1.47 bits per heavy atom. The van der Waals surface area contributed by atoms with Crippen LogP contribution in [0.2, 0.25) is 0 Å². The van der Waals surface area contributed by atoms with Crippen molar-refractivity contribution in [3.63, 3.8) is 0 Å². The minimum absolute atomic E-state index is 0.0460. The fraction of sp³-hybridized carbons (Fsp3) is 0.500. The van der Waals surface area contributed by atoms with Crippen molar-refractivity contribution in [1.29, 1.82) is 0 Å². The van der Waals surface area contributed by atoms with Crippen LogP contribution in [0.4, 0.5) is 5.82 Å². The molecule has 17 heavy (non-hydrogen) atoms. The van der Waals surface area contributed by atoms with E-state index in [9.17, 15) is 0 Å². The third-order valence-electron chi connectivity index (χ3n) is 3.00. The number of fused-ring (bicyclic) bond motifs is 1. The van der Waals surface area contributed by atoms with E-state index in [1.165, 1.54) is 6.33 Å². The standard InChI is InChI=1S/C10H13N5O2/c11-9-10-12-3-7(15(10)14-5-13-9)8-2-1-6(4-16)17-8/h3,5-6,8,16H,1-2,4H2,(H2,11,13,14)/t6-,8+/m0/s1. The van der Waals surface area contributed by atoms with Crippen molar-refractivity contribution < 1.29 is 9.84 Å². The number of aromatic nitrogens is 4. The molecule has 0 aliphatic carbocycles. The van der Waals surface area contributed by atoms with Gasteiger partial charge in [0, 0.05) is 0 Å². The quantitative estimate of drug-likeness (QED) is 0.755. The van der Waals surface area contributed by atoms with Crippen molar-refractivity contribution in [3.8, 4) is 0 Å². The molecule has 2 aromatic rings. The predicted octanol–water partition coefficient (Wildman–Crippen LogP) is -0.0811. The molecule has 0 amide bonds. The van der Waals surface area contributed by atoms with Gasteiger partial charge in [0.1, 0.15) is 12.4 Å². The number of imidazole rings is 1. The second-order valence-electron chi connectivity index (χ2n) is 4.07. The van der Waals surface area contributed by atoms with Crippen LogP contribution in [0.25, 0.3) is 5.65 Å². The lowest BCUT2D eigenvalue weighted by atomic mass is 10.1. The van der Waals surface area contributed by atoms with Gasteiger partial charge in [-0.15, -0.1) is 0 Å². The van der Waals surface area contributed by atoms with Crippen molar-refractivity contribution in [3.05, 3.63) is 18.2 Å². The number of nitrogens with zero attached hydrogens (tertiary/aromatic N) is 4. The summed E-state index contributed by atoms with van der Waals surface area (Å²) in [6.45, 7) is 0.0460. The van der Waals surface area contributed by atoms with Crippen LogP contribution >= 0.6 is 0 Å². The summed E-state index contributed by atoms with van der Waals surface area (Å²) in [6, 6.07) is 0. The Morgan fingerprint density at radius 3 is 3.12 bits per heavy atom. The molecule has 90 valence electrons. The first-order chi connectivity index (χ1) is 8.29. The second kappa shape index (κ2) is 3.94. The van der Waals surface area contributed by atoms with Gasteiger partial charge in [-0.05, 0) is 12.8 Å². The van der Waals surface area contributed by atoms with E-state index in [0.717, 1.165) is 18.5 Å². The molecule has 0 unspecified atom stereocenters. The van der Waals surface area contributed by atoms with E-state index in [1.807, 2.05) is 0 Å². The highest BCUT2D eigenvalue weighted by atomic mass is 16.5. The number of hydrogen-bond acceptors (Lipinski definition) is 6. The van der Waals surface area contributed by atoms with Crippen molar-refractivity contribution in [1.82, 2.24) is 19.6 Å². The van der Waals surface area contributed by atoms with E-state index >= 15 is 0 Å². The number of ether oxygens (including phenoxy) is 1. The van der Waals surface area contributed by atoms with Gasteiger partial charge in [-0.1, -0.05) is 0 Å². The average Bonchev–Trinajstić information content (AvgIpc) is 2.94. The molecule has 3 N–H and O–H groups in total. The number of nitrogen functional groups attached to an aromatic ring is 1. The molecule has 3 heterocycles. The van der Waals surface area contributed by atoms with Crippen LogP contribution in [-0.2, 0) is 4.74 Å². The summed E-state index contributed by atoms with van der Waals surface area (Å²) in [5.74, 6) is 0.350. The van der Waals surface area contributed by atoms with Crippen LogP contribution in [0.3, 0.4) is 0 Å². The summed E-state index contributed by atoms with van der Waals surface area (Å²) in [4.78, 5) is 8.07. The Labute approximate surface area is 97.2 Å². The van der Waals surface area contributed by atoms with Gasteiger partial charge in [0.05, 0.1) is 24.6 Å². The molecule has 0 spiro atoms. The second-order valence-corrected chi connectivity index (χ2v) is 4.07. The highest BCUT2D eigenvalue weighted by molar-refractivity contribution is 5.58. The molecule has 0 radical (unpaired) electrons. The maximum absolute atomic E-state index is 9.05. The zero-order valence-electron chi connectivity index (χ0n) is 9.15. The monoisotopic (exact) mass is 235 g/mol. The Hall–Kier alpha value is -1.73. The zero-order valence-corrected chi connectivity index (χ0v) is 9.15. The molecule has 2 aromatic heterocycles. The first-order valence-corrected chi connectivity index (χ1v) is 5.50. The van der Waals surface area contributed by atoms with Crippen LogP contribution < -0.4 is 5.73 Å². The molecule has 0 bridgehead atoms. The normalized spacial score (nSPS) is 24.5. The Morgan fingerprint density at radius 2 is 2.35 bits per heavy atom. The molecule has 3 rings (SSSR count). The largest absolute Gasteiger partial charge is 0.394 e. The number of anilines is 1. The van der Waals surface area contributed by atoms with E-state index in [2.05, 4.69) is 15.1 Å². The van der Waals surface area contributed by atoms with Gasteiger partial charge in [0.25, 0.3) is 0 Å². The molecular weight excluding hydrogens is 222 g/mol. The van der Waals surface area contributed by atoms with Gasteiger partial charge in [0.15, 0.2) is 11.5 Å². The molecule has 1 aliphatic rings. The summed E-state index contributed by atoms with van der Waals surface area (Å²) in [7, 11) is 0. The Balaban J connectivity index is 1.99. The molecular formula is C10H13N5O2. The SMILES string of the molecule is Nc1ncnn2c([C@H]3CC[C@@H](CO)O3)cnc12. The molecule has 1 aliphatic heterocycles. The van der Waals surface area contributed by atoms with Crippen LogP contribution in [0, 0.1) is 0 Å². The topological polar surface area (TPSA) is 98.6 Å². The fourth-order valence-corrected chi connectivity index (χ4v) is 2.13. The lowest BCUT2D eigenvalue weighted by molar-refractivity contribution is 0.00851. The van der Waals surface area contributed by atoms with Crippen molar-refractivity contribution in [2.45, 2.75) is 25.0 Å². The Kier molecular flexibility index (Phi) is 2.41. The number of hydrogen-bond donors (Lipinski definition) is 2. The molecule has 2 atom stereocenters. The van der Waals surface area contributed by atoms with Crippen LogP contribution in [-0.4, -0.2) is 37.4 Å². The zero-order chi connectivity index (χ0) is 11.8. The van der Waals surface area contributed by atoms with Gasteiger partial charge < -0.3 is 15.6 Å². The molecule has 1 fully saturated rings. The highest BCUT2D eigenvalue weighted by Crippen LogP contribution is 2.32. The van der Waals surface area contributed by atoms with Gasteiger partial charge in [-0.3, -0.25) is 0 Å². The molecule has 1 saturated heterocycles. The van der Waals surface area contributed by atoms with E-state index in [0.29, 0.717) is 11.5 Å². The molecule has 7 nitrogen and oxygen atoms in total. The highest BCUT2D eigenvalue weighted by Gasteiger charge is 2.28. The first-order valence-electron chi connectivity index (χ1n) is 5.50. The van der Waals surface area contributed by atoms with Crippen LogP contribution in [0.1, 0.15) is 24.6 Å². The lowest BCUT2D eigenvalue weighted by Crippen LogP contribution is -2.12. The number of aliphatic hydroxyl groups excluding tert-OH is 1. The van der Waals surface area contributed by atoms with E-state index in [4.69, 9.17) is 15.6 Å². The van der Waals surface area contributed by atoms with Gasteiger partial charge in [0.2, 0.25) is 0 Å². The fourth-order valence-electron chi connectivity index (χ4n) is 2.13. The molecule has 0 aromatic carbocycles. The maximum atomic E-state index is 9.05. The first kappa shape index (κ1) is 10.4. The number of nitrogens with two attached hydrogens (primary N) is 1. The summed E-state index contributed by atoms with van der Waals surface area (Å²) < 4.78 is 7.34. The summed E-state index contributed by atoms with van der Waals surface area (Å²) in [5.41, 5.74) is 7.10. The smallest absolute Gasteiger partial charge is 0.196 e. The van der Waals surface area contributed by atoms with Crippen molar-refractivity contribution in [2.24, 2.45) is 0 Å². The lowest BCUT2D eigenvalue weighted by Gasteiger charge is -2.10. The van der Waals surface area contributed by atoms with Gasteiger partial charge in [-0.25, -0.2) is 14.5 Å². The Bertz CT molecular complexity index is 540. The molecule has 7 heteroatoms. The minimum atomic E-state index is -0.0928. The third kappa shape index (κ3) is 1.63. The summed E-state index contributed by atoms with van der Waals surface area (Å²) in [6.07, 6.45) is 4.61. The minimum Gasteiger partial charge on any atom is -0.394 e. The van der Waals surface area contributed by atoms with E-state index < -0.39 is 0 Å². The number of rotatable bonds is 2. The van der Waals surface area contributed by atoms with Crippen LogP contribution in [0.15, 0.2) is 12.5 Å². The number of aliphatic hydroxyl groups is 1. The average molecular weight is 235 g/mol. The molecule has 0 saturated carbocycles. The maximum Gasteiger partial charge on any atom is 0.196 e. The van der Waals surface area contributed by atoms with E-state index in [-0.39, 0.29) is 18.8 Å². The van der Waals surface area contributed by atoms with Gasteiger partial charge >= 0.3 is 0 Å². The summed E-state index contributed by atoms with van der Waals surface area (Å²) >= 11 is 0. The van der Waals surface area contributed by atoms with Crippen LogP contribution in [0.5, 0.6) is 0 Å². The van der Waals surface area contributed by atoms with Gasteiger partial charge in [-0.2, -0.15) is 5.10 Å². The predicted molar refractivity (Wildman–Crippen MR) is 59.1 cm³/mol. The van der Waals surface area contributed by atoms with Crippen molar-refractivity contribution >= 4 is 11.5 Å². The van der Waals surface area contributed by atoms with Crippen molar-refractivity contribution in [2.75, 3.05) is 12.3 Å². The van der Waals surface area contributed by atoms with E-state index in [1.54, 1.807) is 10.7 Å². The summed E-state index contributed by atoms with van der Waals surface area (Å²) in [5, 5.41) is 13.2.